The highest BCUT2D eigenvalue weighted by Crippen LogP contribution is 2.28. The first-order chi connectivity index (χ1) is 9.92. The van der Waals surface area contributed by atoms with Crippen LogP contribution in [-0.4, -0.2) is 47.0 Å². The summed E-state index contributed by atoms with van der Waals surface area (Å²) < 4.78 is 37.1. The molecule has 0 radical (unpaired) electrons. The lowest BCUT2D eigenvalue weighted by Gasteiger charge is -2.13. The molecule has 8 heteroatoms. The molecule has 0 bridgehead atoms. The number of aliphatic hydroxyl groups excluding tert-OH is 1. The molecule has 0 aromatic heterocycles. The van der Waals surface area contributed by atoms with Gasteiger partial charge in [-0.15, -0.1) is 0 Å². The van der Waals surface area contributed by atoms with Crippen molar-refractivity contribution in [1.82, 2.24) is 4.72 Å². The van der Waals surface area contributed by atoms with Gasteiger partial charge in [0, 0.05) is 18.8 Å². The second-order valence-corrected chi connectivity index (χ2v) is 6.18. The van der Waals surface area contributed by atoms with Gasteiger partial charge in [0.2, 0.25) is 10.0 Å². The van der Waals surface area contributed by atoms with Crippen molar-refractivity contribution in [3.8, 4) is 5.75 Å². The van der Waals surface area contributed by atoms with Gasteiger partial charge < -0.3 is 20.3 Å². The second-order valence-electron chi connectivity index (χ2n) is 4.45. The van der Waals surface area contributed by atoms with Crippen molar-refractivity contribution in [2.45, 2.75) is 18.2 Å². The van der Waals surface area contributed by atoms with Gasteiger partial charge in [-0.1, -0.05) is 0 Å². The Morgan fingerprint density at radius 2 is 2.05 bits per heavy atom. The summed E-state index contributed by atoms with van der Waals surface area (Å²) in [7, 11) is -2.29. The molecule has 0 spiro atoms. The molecule has 0 aliphatic carbocycles. The minimum absolute atomic E-state index is 0.0179. The first-order valence-electron chi connectivity index (χ1n) is 6.54. The number of anilines is 1. The highest BCUT2D eigenvalue weighted by atomic mass is 32.2. The number of nitrogens with one attached hydrogen (secondary N) is 1. The number of aryl methyl sites for hydroxylation is 1. The first kappa shape index (κ1) is 17.7. The van der Waals surface area contributed by atoms with E-state index in [2.05, 4.69) is 4.72 Å². The van der Waals surface area contributed by atoms with Crippen LogP contribution >= 0.6 is 0 Å². The van der Waals surface area contributed by atoms with E-state index in [1.54, 1.807) is 13.0 Å². The monoisotopic (exact) mass is 318 g/mol. The topological polar surface area (TPSA) is 111 Å². The maximum Gasteiger partial charge on any atom is 0.244 e. The van der Waals surface area contributed by atoms with Crippen LogP contribution < -0.4 is 15.2 Å². The molecule has 1 aromatic rings. The largest absolute Gasteiger partial charge is 0.495 e. The fraction of sp³-hybridized carbons (Fsp3) is 0.538. The molecule has 1 rings (SSSR count). The minimum Gasteiger partial charge on any atom is -0.495 e. The van der Waals surface area contributed by atoms with Gasteiger partial charge in [0.25, 0.3) is 0 Å². The van der Waals surface area contributed by atoms with Gasteiger partial charge in [-0.2, -0.15) is 0 Å². The van der Waals surface area contributed by atoms with Crippen molar-refractivity contribution in [3.05, 3.63) is 17.7 Å². The molecule has 0 aliphatic rings. The lowest BCUT2D eigenvalue weighted by molar-refractivity contribution is 0.0913. The Morgan fingerprint density at radius 3 is 2.67 bits per heavy atom. The zero-order valence-electron chi connectivity index (χ0n) is 12.3. The number of benzene rings is 1. The zero-order chi connectivity index (χ0) is 15.9. The van der Waals surface area contributed by atoms with E-state index < -0.39 is 10.0 Å². The normalized spacial score (nSPS) is 11.6. The van der Waals surface area contributed by atoms with Crippen LogP contribution in [-0.2, 0) is 14.8 Å². The van der Waals surface area contributed by atoms with Crippen LogP contribution in [0.2, 0.25) is 0 Å². The van der Waals surface area contributed by atoms with Gasteiger partial charge in [-0.05, 0) is 31.0 Å². The molecular weight excluding hydrogens is 296 g/mol. The number of nitrogen functional groups attached to an aromatic ring is 1. The molecule has 4 N–H and O–H groups in total. The molecule has 0 aliphatic heterocycles. The number of hydrogen-bond donors (Lipinski definition) is 3. The molecule has 0 unspecified atom stereocenters. The molecule has 0 amide bonds. The number of hydrogen-bond acceptors (Lipinski definition) is 6. The highest BCUT2D eigenvalue weighted by Gasteiger charge is 2.20. The van der Waals surface area contributed by atoms with Gasteiger partial charge in [0.1, 0.15) is 10.6 Å². The Bertz CT molecular complexity index is 560. The minimum atomic E-state index is -3.69. The lowest BCUT2D eigenvalue weighted by atomic mass is 10.2. The summed E-state index contributed by atoms with van der Waals surface area (Å²) in [6.07, 6.45) is 0.503. The van der Waals surface area contributed by atoms with Crippen LogP contribution in [0.5, 0.6) is 5.75 Å². The molecule has 0 atom stereocenters. The third-order valence-corrected chi connectivity index (χ3v) is 4.32. The first-order valence-corrected chi connectivity index (χ1v) is 8.03. The standard InChI is InChI=1S/C13H22N2O5S/c1-10-8-12(19-2)13(9-11(10)14)21(17,18)15-4-3-6-20-7-5-16/h8-9,15-16H,3-7,14H2,1-2H3. The third kappa shape index (κ3) is 5.16. The van der Waals surface area contributed by atoms with E-state index in [4.69, 9.17) is 20.3 Å². The average molecular weight is 318 g/mol. The van der Waals surface area contributed by atoms with Crippen molar-refractivity contribution in [1.29, 1.82) is 0 Å². The van der Waals surface area contributed by atoms with E-state index >= 15 is 0 Å². The quantitative estimate of drug-likeness (QED) is 0.445. The average Bonchev–Trinajstić information content (AvgIpc) is 2.45. The molecular formula is C13H22N2O5S. The van der Waals surface area contributed by atoms with Crippen molar-refractivity contribution in [3.63, 3.8) is 0 Å². The van der Waals surface area contributed by atoms with Crippen molar-refractivity contribution in [2.24, 2.45) is 0 Å². The van der Waals surface area contributed by atoms with Crippen LogP contribution in [0.1, 0.15) is 12.0 Å². The van der Waals surface area contributed by atoms with Crippen LogP contribution in [0.25, 0.3) is 0 Å². The Labute approximate surface area is 125 Å². The predicted molar refractivity (Wildman–Crippen MR) is 79.9 cm³/mol. The Hall–Kier alpha value is -1.35. The van der Waals surface area contributed by atoms with Crippen LogP contribution in [0.4, 0.5) is 5.69 Å². The van der Waals surface area contributed by atoms with Gasteiger partial charge in [0.05, 0.1) is 20.3 Å². The zero-order valence-corrected chi connectivity index (χ0v) is 13.1. The summed E-state index contributed by atoms with van der Waals surface area (Å²) in [5.74, 6) is 0.255. The molecule has 0 fully saturated rings. The molecule has 1 aromatic carbocycles. The van der Waals surface area contributed by atoms with Gasteiger partial charge in [0.15, 0.2) is 0 Å². The number of methoxy groups -OCH3 is 1. The van der Waals surface area contributed by atoms with E-state index in [-0.39, 0.29) is 30.4 Å². The number of aliphatic hydroxyl groups is 1. The van der Waals surface area contributed by atoms with Gasteiger partial charge in [-0.25, -0.2) is 13.1 Å². The molecule has 120 valence electrons. The van der Waals surface area contributed by atoms with Crippen LogP contribution in [0, 0.1) is 6.92 Å². The number of sulfonamides is 1. The molecule has 21 heavy (non-hydrogen) atoms. The summed E-state index contributed by atoms with van der Waals surface area (Å²) in [5, 5.41) is 8.54. The predicted octanol–water partition coefficient (Wildman–Crippen LogP) is 0.263. The fourth-order valence-corrected chi connectivity index (χ4v) is 2.93. The van der Waals surface area contributed by atoms with E-state index in [1.165, 1.54) is 13.2 Å². The van der Waals surface area contributed by atoms with E-state index in [0.717, 1.165) is 5.56 Å². The SMILES string of the molecule is COc1cc(C)c(N)cc1S(=O)(=O)NCCCOCCO. The van der Waals surface area contributed by atoms with Crippen molar-refractivity contribution < 1.29 is 23.0 Å². The maximum atomic E-state index is 12.2. The summed E-state index contributed by atoms with van der Waals surface area (Å²) in [5.41, 5.74) is 6.90. The number of nitrogens with two attached hydrogens (primary N) is 1. The second kappa shape index (κ2) is 8.18. The molecule has 7 nitrogen and oxygen atoms in total. The van der Waals surface area contributed by atoms with Crippen molar-refractivity contribution >= 4 is 15.7 Å². The Balaban J connectivity index is 2.72. The van der Waals surface area contributed by atoms with E-state index in [1.807, 2.05) is 0 Å². The summed E-state index contributed by atoms with van der Waals surface area (Å²) in [4.78, 5) is 0.0179. The summed E-state index contributed by atoms with van der Waals surface area (Å²) in [6.45, 7) is 2.57. The van der Waals surface area contributed by atoms with Gasteiger partial charge >= 0.3 is 0 Å². The van der Waals surface area contributed by atoms with Crippen LogP contribution in [0.3, 0.4) is 0 Å². The van der Waals surface area contributed by atoms with Crippen LogP contribution in [0.15, 0.2) is 17.0 Å². The maximum absolute atomic E-state index is 12.2. The highest BCUT2D eigenvalue weighted by molar-refractivity contribution is 7.89. The molecule has 0 heterocycles. The van der Waals surface area contributed by atoms with E-state index in [9.17, 15) is 8.42 Å². The Kier molecular flexibility index (Phi) is 6.90. The Morgan fingerprint density at radius 1 is 1.33 bits per heavy atom. The number of rotatable bonds is 9. The fourth-order valence-electron chi connectivity index (χ4n) is 1.67. The summed E-state index contributed by atoms with van der Waals surface area (Å²) in [6, 6.07) is 2.98. The van der Waals surface area contributed by atoms with Crippen molar-refractivity contribution in [2.75, 3.05) is 39.2 Å². The molecule has 0 saturated carbocycles. The number of ether oxygens (including phenoxy) is 2. The smallest absolute Gasteiger partial charge is 0.244 e. The molecule has 0 saturated heterocycles. The van der Waals surface area contributed by atoms with Gasteiger partial charge in [-0.3, -0.25) is 0 Å². The lowest BCUT2D eigenvalue weighted by Crippen LogP contribution is -2.26. The summed E-state index contributed by atoms with van der Waals surface area (Å²) >= 11 is 0. The third-order valence-electron chi connectivity index (χ3n) is 2.83. The van der Waals surface area contributed by atoms with E-state index in [0.29, 0.717) is 18.7 Å².